The molecule has 1 saturated heterocycles. The van der Waals surface area contributed by atoms with Gasteiger partial charge >= 0.3 is 6.03 Å². The van der Waals surface area contributed by atoms with Crippen LogP contribution in [-0.4, -0.2) is 44.3 Å². The number of aryl methyl sites for hydroxylation is 1. The van der Waals surface area contributed by atoms with E-state index in [-0.39, 0.29) is 23.7 Å². The van der Waals surface area contributed by atoms with Crippen LogP contribution in [0.4, 0.5) is 4.79 Å². The van der Waals surface area contributed by atoms with Crippen molar-refractivity contribution in [1.82, 2.24) is 19.8 Å². The molecule has 1 aromatic heterocycles. The highest BCUT2D eigenvalue weighted by Crippen LogP contribution is 2.42. The summed E-state index contributed by atoms with van der Waals surface area (Å²) in [7, 11) is 0. The molecule has 1 aliphatic heterocycles. The molecule has 1 spiro atoms. The molecule has 3 amide bonds. The standard InChI is InChI=1S/C23H28N4O3/c1-15-19(24-16(2)27(15)17-8-6-5-7-9-17)18(28)14-26-20(29)23(25-21(26)30)12-10-22(3,4)11-13-23/h5-9H,10-14H2,1-4H3,(H,25,30). The number of imide groups is 1. The van der Waals surface area contributed by atoms with E-state index in [1.165, 1.54) is 0 Å². The zero-order valence-corrected chi connectivity index (χ0v) is 18.0. The van der Waals surface area contributed by atoms with Crippen LogP contribution in [0.2, 0.25) is 0 Å². The van der Waals surface area contributed by atoms with Crippen LogP contribution in [0, 0.1) is 19.3 Å². The Morgan fingerprint density at radius 3 is 2.33 bits per heavy atom. The first-order chi connectivity index (χ1) is 14.1. The van der Waals surface area contributed by atoms with Gasteiger partial charge in [-0.2, -0.15) is 0 Å². The first kappa shape index (κ1) is 20.3. The fourth-order valence-electron chi connectivity index (χ4n) is 4.59. The van der Waals surface area contributed by atoms with Gasteiger partial charge in [0.1, 0.15) is 17.1 Å². The van der Waals surface area contributed by atoms with Gasteiger partial charge in [-0.05, 0) is 57.1 Å². The summed E-state index contributed by atoms with van der Waals surface area (Å²) in [5, 5.41) is 2.88. The third-order valence-electron chi connectivity index (χ3n) is 6.56. The van der Waals surface area contributed by atoms with Crippen molar-refractivity contribution in [2.45, 2.75) is 58.9 Å². The lowest BCUT2D eigenvalue weighted by molar-refractivity contribution is -0.132. The van der Waals surface area contributed by atoms with Crippen LogP contribution in [0.1, 0.15) is 61.5 Å². The van der Waals surface area contributed by atoms with E-state index in [4.69, 9.17) is 0 Å². The monoisotopic (exact) mass is 408 g/mol. The van der Waals surface area contributed by atoms with Gasteiger partial charge in [-0.3, -0.25) is 14.5 Å². The first-order valence-electron chi connectivity index (χ1n) is 10.4. The molecule has 30 heavy (non-hydrogen) atoms. The maximum atomic E-state index is 13.1. The third-order valence-corrected chi connectivity index (χ3v) is 6.56. The van der Waals surface area contributed by atoms with Gasteiger partial charge in [0.25, 0.3) is 5.91 Å². The van der Waals surface area contributed by atoms with Crippen LogP contribution in [0.3, 0.4) is 0 Å². The van der Waals surface area contributed by atoms with Crippen LogP contribution in [0.5, 0.6) is 0 Å². The van der Waals surface area contributed by atoms with E-state index in [0.29, 0.717) is 30.1 Å². The summed E-state index contributed by atoms with van der Waals surface area (Å²) in [6, 6.07) is 9.19. The average molecular weight is 409 g/mol. The highest BCUT2D eigenvalue weighted by Gasteiger charge is 2.53. The van der Waals surface area contributed by atoms with Gasteiger partial charge in [0.05, 0.1) is 12.2 Å². The van der Waals surface area contributed by atoms with Crippen molar-refractivity contribution in [2.75, 3.05) is 6.54 Å². The zero-order chi connectivity index (χ0) is 21.7. The molecule has 2 aromatic rings. The summed E-state index contributed by atoms with van der Waals surface area (Å²) in [6.07, 6.45) is 2.94. The van der Waals surface area contributed by atoms with E-state index in [1.54, 1.807) is 0 Å². The summed E-state index contributed by atoms with van der Waals surface area (Å²) in [5.74, 6) is 0.0698. The topological polar surface area (TPSA) is 84.3 Å². The number of amides is 3. The molecule has 0 radical (unpaired) electrons. The Bertz CT molecular complexity index is 1010. The van der Waals surface area contributed by atoms with Gasteiger partial charge in [-0.25, -0.2) is 9.78 Å². The van der Waals surface area contributed by atoms with Crippen molar-refractivity contribution < 1.29 is 14.4 Å². The van der Waals surface area contributed by atoms with Crippen molar-refractivity contribution >= 4 is 17.7 Å². The maximum absolute atomic E-state index is 13.1. The number of nitrogens with zero attached hydrogens (tertiary/aromatic N) is 3. The highest BCUT2D eigenvalue weighted by atomic mass is 16.2. The minimum absolute atomic E-state index is 0.165. The van der Waals surface area contributed by atoms with E-state index in [2.05, 4.69) is 24.1 Å². The Kier molecular flexibility index (Phi) is 4.79. The van der Waals surface area contributed by atoms with E-state index in [1.807, 2.05) is 48.7 Å². The number of hydrogen-bond acceptors (Lipinski definition) is 4. The number of aromatic nitrogens is 2. The number of carbonyl (C=O) groups is 3. The predicted molar refractivity (Wildman–Crippen MR) is 113 cm³/mol. The second-order valence-electron chi connectivity index (χ2n) is 9.25. The summed E-state index contributed by atoms with van der Waals surface area (Å²) in [4.78, 5) is 44.2. The smallest absolute Gasteiger partial charge is 0.323 e. The van der Waals surface area contributed by atoms with E-state index >= 15 is 0 Å². The molecule has 1 N–H and O–H groups in total. The Morgan fingerprint density at radius 1 is 1.07 bits per heavy atom. The number of benzene rings is 1. The van der Waals surface area contributed by atoms with E-state index in [9.17, 15) is 14.4 Å². The van der Waals surface area contributed by atoms with Gasteiger partial charge < -0.3 is 9.88 Å². The Morgan fingerprint density at radius 2 is 1.70 bits per heavy atom. The van der Waals surface area contributed by atoms with Gasteiger partial charge in [0, 0.05) is 5.69 Å². The van der Waals surface area contributed by atoms with Crippen molar-refractivity contribution in [3.63, 3.8) is 0 Å². The number of ketones is 1. The number of imidazole rings is 1. The van der Waals surface area contributed by atoms with Crippen LogP contribution in [0.15, 0.2) is 30.3 Å². The molecule has 2 aliphatic rings. The van der Waals surface area contributed by atoms with Crippen molar-refractivity contribution in [1.29, 1.82) is 0 Å². The number of hydrogen-bond donors (Lipinski definition) is 1. The van der Waals surface area contributed by atoms with Gasteiger partial charge in [0.2, 0.25) is 5.78 Å². The molecule has 0 bridgehead atoms. The maximum Gasteiger partial charge on any atom is 0.325 e. The van der Waals surface area contributed by atoms with Crippen LogP contribution < -0.4 is 5.32 Å². The zero-order valence-electron chi connectivity index (χ0n) is 18.0. The lowest BCUT2D eigenvalue weighted by Gasteiger charge is -2.39. The van der Waals surface area contributed by atoms with Crippen molar-refractivity contribution in [2.24, 2.45) is 5.41 Å². The van der Waals surface area contributed by atoms with E-state index < -0.39 is 11.6 Å². The molecular formula is C23H28N4O3. The number of Topliss-reactive ketones (excluding diaryl/α,β-unsaturated/α-hetero) is 1. The lowest BCUT2D eigenvalue weighted by Crippen LogP contribution is -2.51. The second-order valence-corrected chi connectivity index (χ2v) is 9.25. The van der Waals surface area contributed by atoms with Crippen molar-refractivity contribution in [3.05, 3.63) is 47.5 Å². The molecule has 158 valence electrons. The fraction of sp³-hybridized carbons (Fsp3) is 0.478. The molecule has 7 nitrogen and oxygen atoms in total. The molecule has 2 fully saturated rings. The van der Waals surface area contributed by atoms with E-state index in [0.717, 1.165) is 23.4 Å². The van der Waals surface area contributed by atoms with Gasteiger partial charge in [-0.15, -0.1) is 0 Å². The Labute approximate surface area is 176 Å². The van der Waals surface area contributed by atoms with Gasteiger partial charge in [0.15, 0.2) is 0 Å². The Hall–Kier alpha value is -2.96. The molecule has 2 heterocycles. The third kappa shape index (κ3) is 3.32. The molecule has 1 saturated carbocycles. The lowest BCUT2D eigenvalue weighted by atomic mass is 9.69. The Balaban J connectivity index is 1.55. The number of para-hydroxylation sites is 1. The number of nitrogens with one attached hydrogen (secondary N) is 1. The quantitative estimate of drug-likeness (QED) is 0.619. The fourth-order valence-corrected chi connectivity index (χ4v) is 4.59. The number of urea groups is 1. The summed E-state index contributed by atoms with van der Waals surface area (Å²) < 4.78 is 1.91. The summed E-state index contributed by atoms with van der Waals surface area (Å²) in [5.41, 5.74) is 1.21. The molecule has 1 aliphatic carbocycles. The second kappa shape index (κ2) is 7.07. The van der Waals surface area contributed by atoms with Gasteiger partial charge in [-0.1, -0.05) is 32.0 Å². The average Bonchev–Trinajstić information content (AvgIpc) is 3.13. The molecule has 7 heteroatoms. The molecular weight excluding hydrogens is 380 g/mol. The van der Waals surface area contributed by atoms with Crippen LogP contribution in [-0.2, 0) is 4.79 Å². The largest absolute Gasteiger partial charge is 0.325 e. The summed E-state index contributed by atoms with van der Waals surface area (Å²) >= 11 is 0. The summed E-state index contributed by atoms with van der Waals surface area (Å²) in [6.45, 7) is 7.73. The highest BCUT2D eigenvalue weighted by molar-refractivity contribution is 6.11. The predicted octanol–water partition coefficient (Wildman–Crippen LogP) is 3.56. The SMILES string of the molecule is Cc1nc(C(=O)CN2C(=O)NC3(CCC(C)(C)CC3)C2=O)c(C)n1-c1ccccc1. The minimum atomic E-state index is -0.860. The van der Waals surface area contributed by atoms with Crippen LogP contribution in [0.25, 0.3) is 5.69 Å². The first-order valence-corrected chi connectivity index (χ1v) is 10.4. The van der Waals surface area contributed by atoms with Crippen molar-refractivity contribution in [3.8, 4) is 5.69 Å². The molecule has 4 rings (SSSR count). The number of carbonyl (C=O) groups excluding carboxylic acids is 3. The molecule has 0 atom stereocenters. The minimum Gasteiger partial charge on any atom is -0.323 e. The normalized spacial score (nSPS) is 19.9. The molecule has 1 aromatic carbocycles. The molecule has 0 unspecified atom stereocenters. The number of rotatable bonds is 4. The van der Waals surface area contributed by atoms with Crippen LogP contribution >= 0.6 is 0 Å².